The van der Waals surface area contributed by atoms with Crippen LogP contribution < -0.4 is 15.6 Å². The molecule has 4 aromatic rings. The number of carbonyl (C=O) groups excluding carboxylic acids is 1. The summed E-state index contributed by atoms with van der Waals surface area (Å²) in [6.45, 7) is 1.82. The van der Waals surface area contributed by atoms with Crippen LogP contribution in [0.1, 0.15) is 17.3 Å². The molecule has 0 saturated heterocycles. The largest absolute Gasteiger partial charge is 0.493 e. The lowest BCUT2D eigenvalue weighted by Crippen LogP contribution is -2.18. The average Bonchev–Trinajstić information content (AvgIpc) is 2.67. The van der Waals surface area contributed by atoms with Crippen LogP contribution >= 0.6 is 0 Å². The molecule has 2 heterocycles. The van der Waals surface area contributed by atoms with E-state index in [-0.39, 0.29) is 28.6 Å². The third-order valence-electron chi connectivity index (χ3n) is 4.38. The number of esters is 1. The van der Waals surface area contributed by atoms with E-state index in [0.29, 0.717) is 27.6 Å². The number of hydrogen-bond acceptors (Lipinski definition) is 6. The lowest BCUT2D eigenvalue weighted by atomic mass is 10.1. The van der Waals surface area contributed by atoms with Gasteiger partial charge in [-0.2, -0.15) is 0 Å². The van der Waals surface area contributed by atoms with E-state index in [4.69, 9.17) is 13.9 Å². The number of carbonyl (C=O) groups is 1. The molecule has 2 aromatic carbocycles. The van der Waals surface area contributed by atoms with Gasteiger partial charge in [-0.1, -0.05) is 6.07 Å². The molecule has 0 atom stereocenters. The quantitative estimate of drug-likeness (QED) is 0.443. The third kappa shape index (κ3) is 2.55. The second-order valence-corrected chi connectivity index (χ2v) is 5.91. The van der Waals surface area contributed by atoms with Gasteiger partial charge in [0, 0.05) is 6.20 Å². The van der Waals surface area contributed by atoms with Gasteiger partial charge in [0.1, 0.15) is 11.1 Å². The number of aromatic nitrogens is 1. The van der Waals surface area contributed by atoms with Crippen molar-refractivity contribution in [2.45, 2.75) is 6.92 Å². The molecule has 1 N–H and O–H groups in total. The fourth-order valence-electron chi connectivity index (χ4n) is 3.09. The summed E-state index contributed by atoms with van der Waals surface area (Å²) in [6.07, 6.45) is 1.29. The maximum absolute atomic E-state index is 12.9. The third-order valence-corrected chi connectivity index (χ3v) is 4.38. The van der Waals surface area contributed by atoms with Crippen molar-refractivity contribution in [1.29, 1.82) is 0 Å². The minimum absolute atomic E-state index is 0.107. The number of benzene rings is 2. The monoisotopic (exact) mass is 365 g/mol. The summed E-state index contributed by atoms with van der Waals surface area (Å²) in [5, 5.41) is 0.930. The molecular weight excluding hydrogens is 350 g/mol. The molecule has 2 aromatic heterocycles. The number of para-hydroxylation sites is 1. The highest BCUT2D eigenvalue weighted by Gasteiger charge is 2.17. The second-order valence-electron chi connectivity index (χ2n) is 5.91. The van der Waals surface area contributed by atoms with Crippen LogP contribution in [0.5, 0.6) is 5.75 Å². The summed E-state index contributed by atoms with van der Waals surface area (Å²) < 4.78 is 16.0. The van der Waals surface area contributed by atoms with Crippen molar-refractivity contribution in [2.24, 2.45) is 0 Å². The summed E-state index contributed by atoms with van der Waals surface area (Å²) in [5.41, 5.74) is 0.125. The summed E-state index contributed by atoms with van der Waals surface area (Å²) in [7, 11) is 1.48. The molecule has 0 spiro atoms. The van der Waals surface area contributed by atoms with Crippen molar-refractivity contribution in [3.63, 3.8) is 0 Å². The van der Waals surface area contributed by atoms with E-state index in [1.165, 1.54) is 19.4 Å². The normalized spacial score (nSPS) is 11.2. The Labute approximate surface area is 152 Å². The van der Waals surface area contributed by atoms with E-state index in [2.05, 4.69) is 4.98 Å². The lowest BCUT2D eigenvalue weighted by Gasteiger charge is -2.07. The first-order chi connectivity index (χ1) is 13.0. The maximum Gasteiger partial charge on any atom is 0.343 e. The number of rotatable bonds is 3. The van der Waals surface area contributed by atoms with Crippen LogP contribution in [0.3, 0.4) is 0 Å². The summed E-state index contributed by atoms with van der Waals surface area (Å²) in [4.78, 5) is 40.4. The minimum atomic E-state index is -0.706. The molecule has 27 heavy (non-hydrogen) atoms. The van der Waals surface area contributed by atoms with Crippen molar-refractivity contribution >= 4 is 38.8 Å². The molecule has 0 fully saturated rings. The molecular formula is C20H15NO6. The Balaban J connectivity index is 2.09. The van der Waals surface area contributed by atoms with Crippen LogP contribution in [-0.2, 0) is 4.74 Å². The lowest BCUT2D eigenvalue weighted by molar-refractivity contribution is 0.0524. The zero-order valence-electron chi connectivity index (χ0n) is 14.6. The Kier molecular flexibility index (Phi) is 3.92. The number of pyridine rings is 1. The zero-order chi connectivity index (χ0) is 19.1. The molecule has 0 unspecified atom stereocenters. The van der Waals surface area contributed by atoms with Gasteiger partial charge in [-0.3, -0.25) is 9.59 Å². The summed E-state index contributed by atoms with van der Waals surface area (Å²) >= 11 is 0. The van der Waals surface area contributed by atoms with E-state index in [0.717, 1.165) is 0 Å². The molecule has 0 amide bonds. The highest BCUT2D eigenvalue weighted by molar-refractivity contribution is 6.01. The summed E-state index contributed by atoms with van der Waals surface area (Å²) in [6, 6.07) is 8.05. The van der Waals surface area contributed by atoms with Gasteiger partial charge in [0.2, 0.25) is 10.9 Å². The van der Waals surface area contributed by atoms with Crippen molar-refractivity contribution in [3.8, 4) is 5.75 Å². The van der Waals surface area contributed by atoms with Crippen LogP contribution in [-0.4, -0.2) is 24.7 Å². The van der Waals surface area contributed by atoms with Crippen molar-refractivity contribution in [2.75, 3.05) is 13.7 Å². The first kappa shape index (κ1) is 16.8. The molecule has 7 heteroatoms. The van der Waals surface area contributed by atoms with Crippen LogP contribution in [0.25, 0.3) is 32.8 Å². The minimum Gasteiger partial charge on any atom is -0.493 e. The number of hydrogen-bond donors (Lipinski definition) is 1. The van der Waals surface area contributed by atoms with Crippen LogP contribution in [0.2, 0.25) is 0 Å². The molecule has 0 aliphatic heterocycles. The number of nitrogens with one attached hydrogen (secondary N) is 1. The van der Waals surface area contributed by atoms with E-state index in [1.807, 2.05) is 0 Å². The number of H-pyrrole nitrogens is 1. The van der Waals surface area contributed by atoms with E-state index in [9.17, 15) is 14.4 Å². The van der Waals surface area contributed by atoms with Gasteiger partial charge < -0.3 is 18.9 Å². The van der Waals surface area contributed by atoms with Crippen molar-refractivity contribution in [3.05, 3.63) is 62.5 Å². The molecule has 0 aliphatic rings. The Morgan fingerprint density at radius 3 is 2.67 bits per heavy atom. The Bertz CT molecular complexity index is 1330. The van der Waals surface area contributed by atoms with E-state index >= 15 is 0 Å². The van der Waals surface area contributed by atoms with E-state index in [1.54, 1.807) is 31.2 Å². The van der Waals surface area contributed by atoms with Gasteiger partial charge in [-0.05, 0) is 31.2 Å². The Morgan fingerprint density at radius 2 is 1.93 bits per heavy atom. The number of fused-ring (bicyclic) bond motifs is 3. The van der Waals surface area contributed by atoms with Crippen molar-refractivity contribution < 1.29 is 18.7 Å². The standard InChI is InChI=1S/C20H15NO6/c1-3-26-20(24)13-9-21-14-7-12-16(8-11(14)18(13)23)27-19-10(17(12)22)5-4-6-15(19)25-2/h4-9H,3H2,1-2H3,(H,21,23). The molecule has 0 bridgehead atoms. The average molecular weight is 365 g/mol. The van der Waals surface area contributed by atoms with E-state index < -0.39 is 11.4 Å². The SMILES string of the molecule is CCOC(=O)c1c[nH]c2cc3c(=O)c4cccc(OC)c4oc3cc2c1=O. The first-order valence-corrected chi connectivity index (χ1v) is 8.31. The summed E-state index contributed by atoms with van der Waals surface area (Å²) in [5.74, 6) is -0.289. The Morgan fingerprint density at radius 1 is 1.11 bits per heavy atom. The van der Waals surface area contributed by atoms with Gasteiger partial charge in [-0.15, -0.1) is 0 Å². The van der Waals surface area contributed by atoms with Gasteiger partial charge in [0.25, 0.3) is 0 Å². The Hall–Kier alpha value is -3.61. The van der Waals surface area contributed by atoms with Gasteiger partial charge in [-0.25, -0.2) is 4.79 Å². The smallest absolute Gasteiger partial charge is 0.343 e. The molecule has 7 nitrogen and oxygen atoms in total. The predicted octanol–water partition coefficient (Wildman–Crippen LogP) is 2.97. The molecule has 0 aliphatic carbocycles. The number of methoxy groups -OCH3 is 1. The fraction of sp³-hybridized carbons (Fsp3) is 0.150. The predicted molar refractivity (Wildman–Crippen MR) is 101 cm³/mol. The van der Waals surface area contributed by atoms with Crippen LogP contribution in [0.4, 0.5) is 0 Å². The second kappa shape index (κ2) is 6.28. The highest BCUT2D eigenvalue weighted by Crippen LogP contribution is 2.28. The topological polar surface area (TPSA) is 98.6 Å². The molecule has 0 saturated carbocycles. The van der Waals surface area contributed by atoms with Crippen LogP contribution in [0, 0.1) is 0 Å². The van der Waals surface area contributed by atoms with Gasteiger partial charge in [0.05, 0.1) is 35.4 Å². The van der Waals surface area contributed by atoms with Crippen molar-refractivity contribution in [1.82, 2.24) is 4.98 Å². The highest BCUT2D eigenvalue weighted by atomic mass is 16.5. The molecule has 0 radical (unpaired) electrons. The van der Waals surface area contributed by atoms with Gasteiger partial charge >= 0.3 is 5.97 Å². The first-order valence-electron chi connectivity index (χ1n) is 8.31. The maximum atomic E-state index is 12.9. The molecule has 136 valence electrons. The zero-order valence-corrected chi connectivity index (χ0v) is 14.6. The number of aromatic amines is 1. The fourth-order valence-corrected chi connectivity index (χ4v) is 3.09. The molecule has 4 rings (SSSR count). The van der Waals surface area contributed by atoms with Gasteiger partial charge in [0.15, 0.2) is 11.3 Å². The van der Waals surface area contributed by atoms with Crippen LogP contribution in [0.15, 0.2) is 50.5 Å². The number of ether oxygens (including phenoxy) is 2.